The van der Waals surface area contributed by atoms with Gasteiger partial charge in [-0.1, -0.05) is 6.07 Å². The van der Waals surface area contributed by atoms with Crippen LogP contribution in [0.25, 0.3) is 0 Å². The second kappa shape index (κ2) is 3.88. The molecular formula is C11H14N2O2. The highest BCUT2D eigenvalue weighted by Gasteiger charge is 2.21. The van der Waals surface area contributed by atoms with Gasteiger partial charge in [0.1, 0.15) is 0 Å². The van der Waals surface area contributed by atoms with Crippen LogP contribution in [-0.2, 0) is 0 Å². The van der Waals surface area contributed by atoms with Crippen LogP contribution in [0.15, 0.2) is 18.2 Å². The molecule has 0 saturated heterocycles. The SMILES string of the molecule is Cc1c(NCC2CC2)cccc1[N+](=O)[O-]. The first-order chi connectivity index (χ1) is 7.18. The summed E-state index contributed by atoms with van der Waals surface area (Å²) in [6.45, 7) is 2.72. The van der Waals surface area contributed by atoms with E-state index >= 15 is 0 Å². The molecule has 1 N–H and O–H groups in total. The molecule has 1 aliphatic carbocycles. The maximum Gasteiger partial charge on any atom is 0.274 e. The Bertz CT molecular complexity index is 386. The van der Waals surface area contributed by atoms with Crippen molar-refractivity contribution in [2.24, 2.45) is 5.92 Å². The van der Waals surface area contributed by atoms with Gasteiger partial charge in [-0.3, -0.25) is 10.1 Å². The van der Waals surface area contributed by atoms with E-state index in [0.29, 0.717) is 0 Å². The summed E-state index contributed by atoms with van der Waals surface area (Å²) in [7, 11) is 0. The van der Waals surface area contributed by atoms with Crippen LogP contribution in [0.5, 0.6) is 0 Å². The minimum atomic E-state index is -0.336. The molecule has 2 rings (SSSR count). The molecule has 0 bridgehead atoms. The van der Waals surface area contributed by atoms with Gasteiger partial charge in [0.15, 0.2) is 0 Å². The number of rotatable bonds is 4. The first-order valence-electron chi connectivity index (χ1n) is 5.16. The molecule has 4 nitrogen and oxygen atoms in total. The number of hydrogen-bond donors (Lipinski definition) is 1. The summed E-state index contributed by atoms with van der Waals surface area (Å²) in [6.07, 6.45) is 2.56. The Balaban J connectivity index is 2.14. The Morgan fingerprint density at radius 2 is 2.27 bits per heavy atom. The van der Waals surface area contributed by atoms with E-state index in [0.717, 1.165) is 23.7 Å². The summed E-state index contributed by atoms with van der Waals surface area (Å²) in [5, 5.41) is 14.0. The minimum Gasteiger partial charge on any atom is -0.384 e. The number of nitro groups is 1. The Hall–Kier alpha value is -1.58. The molecule has 0 heterocycles. The van der Waals surface area contributed by atoms with Crippen molar-refractivity contribution in [2.75, 3.05) is 11.9 Å². The third kappa shape index (κ3) is 2.26. The van der Waals surface area contributed by atoms with Crippen molar-refractivity contribution in [3.8, 4) is 0 Å². The lowest BCUT2D eigenvalue weighted by Gasteiger charge is -2.08. The van der Waals surface area contributed by atoms with E-state index in [-0.39, 0.29) is 10.6 Å². The van der Waals surface area contributed by atoms with Gasteiger partial charge in [-0.05, 0) is 31.7 Å². The lowest BCUT2D eigenvalue weighted by atomic mass is 10.1. The molecule has 0 amide bonds. The van der Waals surface area contributed by atoms with Gasteiger partial charge in [-0.15, -0.1) is 0 Å². The molecule has 0 atom stereocenters. The normalized spacial score (nSPS) is 15.0. The largest absolute Gasteiger partial charge is 0.384 e. The van der Waals surface area contributed by atoms with E-state index in [4.69, 9.17) is 0 Å². The highest BCUT2D eigenvalue weighted by atomic mass is 16.6. The van der Waals surface area contributed by atoms with Gasteiger partial charge in [0, 0.05) is 23.9 Å². The minimum absolute atomic E-state index is 0.191. The molecule has 80 valence electrons. The summed E-state index contributed by atoms with van der Waals surface area (Å²) in [5.74, 6) is 0.767. The van der Waals surface area contributed by atoms with Gasteiger partial charge in [-0.25, -0.2) is 0 Å². The van der Waals surface area contributed by atoms with E-state index in [1.54, 1.807) is 13.0 Å². The zero-order valence-corrected chi connectivity index (χ0v) is 8.69. The topological polar surface area (TPSA) is 55.2 Å². The van der Waals surface area contributed by atoms with Crippen LogP contribution in [0.3, 0.4) is 0 Å². The van der Waals surface area contributed by atoms with Gasteiger partial charge in [0.05, 0.1) is 4.92 Å². The highest BCUT2D eigenvalue weighted by Crippen LogP contribution is 2.30. The van der Waals surface area contributed by atoms with Crippen LogP contribution >= 0.6 is 0 Å². The molecule has 1 fully saturated rings. The second-order valence-corrected chi connectivity index (χ2v) is 4.03. The van der Waals surface area contributed by atoms with Gasteiger partial charge in [-0.2, -0.15) is 0 Å². The Labute approximate surface area is 88.5 Å². The molecule has 1 aliphatic rings. The quantitative estimate of drug-likeness (QED) is 0.608. The van der Waals surface area contributed by atoms with Crippen LogP contribution in [-0.4, -0.2) is 11.5 Å². The average Bonchev–Trinajstić information content (AvgIpc) is 2.99. The van der Waals surface area contributed by atoms with Gasteiger partial charge in [0.25, 0.3) is 5.69 Å². The lowest BCUT2D eigenvalue weighted by molar-refractivity contribution is -0.385. The van der Waals surface area contributed by atoms with E-state index in [9.17, 15) is 10.1 Å². The predicted octanol–water partition coefficient (Wildman–Crippen LogP) is 2.73. The second-order valence-electron chi connectivity index (χ2n) is 4.03. The van der Waals surface area contributed by atoms with Crippen molar-refractivity contribution < 1.29 is 4.92 Å². The van der Waals surface area contributed by atoms with Crippen LogP contribution < -0.4 is 5.32 Å². The lowest BCUT2D eigenvalue weighted by Crippen LogP contribution is -2.05. The number of nitrogens with zero attached hydrogens (tertiary/aromatic N) is 1. The number of benzene rings is 1. The van der Waals surface area contributed by atoms with Gasteiger partial charge < -0.3 is 5.32 Å². The van der Waals surface area contributed by atoms with Crippen molar-refractivity contribution in [1.29, 1.82) is 0 Å². The molecular weight excluding hydrogens is 192 g/mol. The van der Waals surface area contributed by atoms with Crippen molar-refractivity contribution in [3.05, 3.63) is 33.9 Å². The summed E-state index contributed by atoms with van der Waals surface area (Å²) in [6, 6.07) is 5.16. The number of hydrogen-bond acceptors (Lipinski definition) is 3. The molecule has 15 heavy (non-hydrogen) atoms. The van der Waals surface area contributed by atoms with E-state index in [1.165, 1.54) is 18.9 Å². The van der Waals surface area contributed by atoms with Crippen LogP contribution in [0.1, 0.15) is 18.4 Å². The Morgan fingerprint density at radius 3 is 2.87 bits per heavy atom. The van der Waals surface area contributed by atoms with Gasteiger partial charge in [0.2, 0.25) is 0 Å². The van der Waals surface area contributed by atoms with Gasteiger partial charge >= 0.3 is 0 Å². The van der Waals surface area contributed by atoms with E-state index < -0.39 is 0 Å². The summed E-state index contributed by atoms with van der Waals surface area (Å²) in [4.78, 5) is 10.4. The standard InChI is InChI=1S/C11H14N2O2/c1-8-10(12-7-9-5-6-9)3-2-4-11(8)13(14)15/h2-4,9,12H,5-7H2,1H3. The third-order valence-corrected chi connectivity index (χ3v) is 2.78. The molecule has 1 saturated carbocycles. The average molecular weight is 206 g/mol. The van der Waals surface area contributed by atoms with Crippen molar-refractivity contribution >= 4 is 11.4 Å². The zero-order valence-electron chi connectivity index (χ0n) is 8.69. The summed E-state index contributed by atoms with van der Waals surface area (Å²) >= 11 is 0. The van der Waals surface area contributed by atoms with Crippen molar-refractivity contribution in [1.82, 2.24) is 0 Å². The first-order valence-corrected chi connectivity index (χ1v) is 5.16. The predicted molar refractivity (Wildman–Crippen MR) is 59.0 cm³/mol. The Kier molecular flexibility index (Phi) is 2.58. The zero-order chi connectivity index (χ0) is 10.8. The fraction of sp³-hybridized carbons (Fsp3) is 0.455. The number of nitro benzene ring substituents is 1. The summed E-state index contributed by atoms with van der Waals surface area (Å²) in [5.41, 5.74) is 1.80. The van der Waals surface area contributed by atoms with Crippen molar-refractivity contribution in [3.63, 3.8) is 0 Å². The van der Waals surface area contributed by atoms with Crippen LogP contribution in [0.4, 0.5) is 11.4 Å². The smallest absolute Gasteiger partial charge is 0.274 e. The molecule has 0 radical (unpaired) electrons. The molecule has 0 spiro atoms. The molecule has 0 aromatic heterocycles. The monoisotopic (exact) mass is 206 g/mol. The maximum atomic E-state index is 10.7. The fourth-order valence-electron chi connectivity index (χ4n) is 1.59. The summed E-state index contributed by atoms with van der Waals surface area (Å²) < 4.78 is 0. The first kappa shape index (κ1) is 9.96. The molecule has 1 aromatic rings. The molecule has 1 aromatic carbocycles. The third-order valence-electron chi connectivity index (χ3n) is 2.78. The van der Waals surface area contributed by atoms with Crippen LogP contribution in [0.2, 0.25) is 0 Å². The van der Waals surface area contributed by atoms with E-state index in [1.807, 2.05) is 6.07 Å². The number of nitrogens with one attached hydrogen (secondary N) is 1. The maximum absolute atomic E-state index is 10.7. The highest BCUT2D eigenvalue weighted by molar-refractivity contribution is 5.59. The van der Waals surface area contributed by atoms with E-state index in [2.05, 4.69) is 5.32 Å². The molecule has 0 aliphatic heterocycles. The Morgan fingerprint density at radius 1 is 1.53 bits per heavy atom. The fourth-order valence-corrected chi connectivity index (χ4v) is 1.59. The van der Waals surface area contributed by atoms with Crippen LogP contribution in [0, 0.1) is 23.0 Å². The molecule has 4 heteroatoms. The molecule has 0 unspecified atom stereocenters. The number of anilines is 1. The van der Waals surface area contributed by atoms with Crippen molar-refractivity contribution in [2.45, 2.75) is 19.8 Å².